The molecule has 0 spiro atoms. The van der Waals surface area contributed by atoms with Crippen molar-refractivity contribution >= 4 is 46.1 Å². The molecule has 1 saturated heterocycles. The number of nitrogens with zero attached hydrogens (tertiary/aromatic N) is 2. The molecule has 67 heavy (non-hydrogen) atoms. The first-order chi connectivity index (χ1) is 32.3. The number of ether oxygens (including phenoxy) is 1. The lowest BCUT2D eigenvalue weighted by Crippen LogP contribution is -2.58. The molecule has 1 fully saturated rings. The van der Waals surface area contributed by atoms with Crippen molar-refractivity contribution in [2.24, 2.45) is 5.41 Å². The van der Waals surface area contributed by atoms with Crippen molar-refractivity contribution in [3.63, 3.8) is 0 Å². The summed E-state index contributed by atoms with van der Waals surface area (Å²) >= 11 is 1.57. The van der Waals surface area contributed by atoms with Gasteiger partial charge in [0.2, 0.25) is 17.7 Å². The molecule has 12 heteroatoms. The van der Waals surface area contributed by atoms with Crippen LogP contribution in [-0.4, -0.2) is 76.5 Å². The van der Waals surface area contributed by atoms with Crippen LogP contribution in [0.1, 0.15) is 84.4 Å². The van der Waals surface area contributed by atoms with Crippen molar-refractivity contribution < 1.29 is 29.0 Å². The SMILES string of the molecule is CC/C(=C(\c1ccccc1)c1ccc(OCCNC(=O)c2ccc(CC(=O)N[C@H](C(=O)N3C[C@H](O)C[C@H]3C(=O)NCc3ccc(-c4scnc4C)cc3)C(C)(C)C)cc2)cc1)c1ccccc1. The van der Waals surface area contributed by atoms with Crippen molar-refractivity contribution in [3.05, 3.63) is 178 Å². The molecule has 3 atom stereocenters. The molecule has 4 amide bonds. The highest BCUT2D eigenvalue weighted by Crippen LogP contribution is 2.35. The molecule has 0 radical (unpaired) electrons. The van der Waals surface area contributed by atoms with E-state index in [1.807, 2.05) is 81.7 Å². The molecule has 0 aliphatic carbocycles. The standard InChI is InChI=1S/C55H59N5O6S/c1-6-46(39-13-9-7-10-14-39)49(40-15-11-8-12-16-40)41-25-27-45(28-26-41)66-30-29-56-52(63)43-23-17-37(18-24-43)31-48(62)59-51(55(3,4)5)54(65)60-34-44(61)32-47(60)53(64)57-33-38-19-21-42(22-20-38)50-36(2)58-35-67-50/h7-28,35,44,47,51,61H,6,29-34H2,1-5H3,(H,56,63)(H,57,64)(H,59,62)/b49-46-/t44-,47+,51-/m1/s1. The predicted molar refractivity (Wildman–Crippen MR) is 265 cm³/mol. The number of carbonyl (C=O) groups excluding carboxylic acids is 4. The topological polar surface area (TPSA) is 150 Å². The molecule has 5 aromatic carbocycles. The number of allylic oxidation sites excluding steroid dienone is 1. The molecule has 7 rings (SSSR count). The van der Waals surface area contributed by atoms with E-state index in [-0.39, 0.29) is 56.8 Å². The van der Waals surface area contributed by atoms with Gasteiger partial charge in [-0.05, 0) is 87.6 Å². The van der Waals surface area contributed by atoms with Crippen molar-refractivity contribution in [2.45, 2.75) is 78.6 Å². The van der Waals surface area contributed by atoms with E-state index in [4.69, 9.17) is 4.74 Å². The zero-order chi connectivity index (χ0) is 47.5. The second-order valence-corrected chi connectivity index (χ2v) is 18.7. The van der Waals surface area contributed by atoms with Crippen LogP contribution in [0.2, 0.25) is 0 Å². The average Bonchev–Trinajstić information content (AvgIpc) is 3.96. The lowest BCUT2D eigenvalue weighted by molar-refractivity contribution is -0.144. The monoisotopic (exact) mass is 917 g/mol. The van der Waals surface area contributed by atoms with Crippen LogP contribution in [0.5, 0.6) is 5.75 Å². The summed E-state index contributed by atoms with van der Waals surface area (Å²) in [7, 11) is 0. The molecule has 4 N–H and O–H groups in total. The molecule has 2 heterocycles. The number of benzene rings is 5. The lowest BCUT2D eigenvalue weighted by Gasteiger charge is -2.35. The number of nitrogens with one attached hydrogen (secondary N) is 3. The molecule has 346 valence electrons. The van der Waals surface area contributed by atoms with Crippen LogP contribution in [0.15, 0.2) is 139 Å². The Morgan fingerprint density at radius 2 is 1.40 bits per heavy atom. The van der Waals surface area contributed by atoms with Crippen LogP contribution in [-0.2, 0) is 27.3 Å². The highest BCUT2D eigenvalue weighted by molar-refractivity contribution is 7.13. The number of thiazole rings is 1. The minimum absolute atomic E-state index is 0.0197. The second kappa shape index (κ2) is 22.1. The minimum atomic E-state index is -0.967. The molecule has 1 aliphatic rings. The number of aryl methyl sites for hydroxylation is 1. The van der Waals surface area contributed by atoms with Crippen LogP contribution in [0.25, 0.3) is 21.6 Å². The normalized spacial score (nSPS) is 15.6. The Balaban J connectivity index is 0.890. The number of rotatable bonds is 17. The van der Waals surface area contributed by atoms with Crippen LogP contribution in [0.3, 0.4) is 0 Å². The molecule has 11 nitrogen and oxygen atoms in total. The third kappa shape index (κ3) is 12.3. The number of likely N-dealkylation sites (tertiary alicyclic amines) is 1. The number of carbonyl (C=O) groups is 4. The maximum absolute atomic E-state index is 14.1. The molecule has 6 aromatic rings. The summed E-state index contributed by atoms with van der Waals surface area (Å²) < 4.78 is 6.00. The zero-order valence-electron chi connectivity index (χ0n) is 38.8. The maximum atomic E-state index is 14.1. The molecular weight excluding hydrogens is 859 g/mol. The zero-order valence-corrected chi connectivity index (χ0v) is 39.6. The summed E-state index contributed by atoms with van der Waals surface area (Å²) in [6.45, 7) is 10.5. The fourth-order valence-electron chi connectivity index (χ4n) is 8.39. The number of hydrogen-bond donors (Lipinski definition) is 4. The van der Waals surface area contributed by atoms with Gasteiger partial charge in [0, 0.05) is 25.1 Å². The van der Waals surface area contributed by atoms with E-state index in [1.165, 1.54) is 21.6 Å². The quantitative estimate of drug-likeness (QED) is 0.0529. The van der Waals surface area contributed by atoms with E-state index in [9.17, 15) is 24.3 Å². The lowest BCUT2D eigenvalue weighted by atomic mass is 9.85. The maximum Gasteiger partial charge on any atom is 0.251 e. The molecule has 1 aliphatic heterocycles. The Bertz CT molecular complexity index is 2660. The number of β-amino-alcohol motifs (C(OH)–C–C–N with tert-alkyl or cyclic N) is 1. The van der Waals surface area contributed by atoms with Gasteiger partial charge in [0.1, 0.15) is 24.4 Å². The molecular formula is C55H59N5O6S. The van der Waals surface area contributed by atoms with E-state index in [0.29, 0.717) is 16.9 Å². The number of amides is 4. The van der Waals surface area contributed by atoms with Gasteiger partial charge in [-0.25, -0.2) is 4.98 Å². The minimum Gasteiger partial charge on any atom is -0.492 e. The molecule has 0 unspecified atom stereocenters. The van der Waals surface area contributed by atoms with Gasteiger partial charge in [-0.15, -0.1) is 11.3 Å². The van der Waals surface area contributed by atoms with Crippen molar-refractivity contribution in [1.82, 2.24) is 25.8 Å². The Morgan fingerprint density at radius 3 is 2.01 bits per heavy atom. The largest absolute Gasteiger partial charge is 0.492 e. The Labute approximate surface area is 397 Å². The average molecular weight is 918 g/mol. The number of aliphatic hydroxyl groups excluding tert-OH is 1. The fraction of sp³-hybridized carbons (Fsp3) is 0.291. The highest BCUT2D eigenvalue weighted by atomic mass is 32.1. The van der Waals surface area contributed by atoms with Crippen LogP contribution in [0, 0.1) is 12.3 Å². The van der Waals surface area contributed by atoms with E-state index >= 15 is 0 Å². The van der Waals surface area contributed by atoms with Gasteiger partial charge >= 0.3 is 0 Å². The summed E-state index contributed by atoms with van der Waals surface area (Å²) in [5.41, 5.74) is 11.0. The van der Waals surface area contributed by atoms with Gasteiger partial charge in [-0.2, -0.15) is 0 Å². The highest BCUT2D eigenvalue weighted by Gasteiger charge is 2.44. The Hall–Kier alpha value is -6.89. The van der Waals surface area contributed by atoms with Crippen LogP contribution in [0.4, 0.5) is 0 Å². The van der Waals surface area contributed by atoms with Crippen molar-refractivity contribution in [1.29, 1.82) is 0 Å². The van der Waals surface area contributed by atoms with Gasteiger partial charge in [0.05, 0.1) is 35.2 Å². The van der Waals surface area contributed by atoms with E-state index < -0.39 is 29.5 Å². The summed E-state index contributed by atoms with van der Waals surface area (Å²) in [5.74, 6) is -0.772. The second-order valence-electron chi connectivity index (χ2n) is 17.9. The third-order valence-corrected chi connectivity index (χ3v) is 12.9. The van der Waals surface area contributed by atoms with Gasteiger partial charge < -0.3 is 30.7 Å². The first-order valence-corrected chi connectivity index (χ1v) is 23.7. The summed E-state index contributed by atoms with van der Waals surface area (Å²) in [5, 5.41) is 19.4. The molecule has 1 aromatic heterocycles. The number of aromatic nitrogens is 1. The van der Waals surface area contributed by atoms with Crippen LogP contribution < -0.4 is 20.7 Å². The number of hydrogen-bond acceptors (Lipinski definition) is 8. The van der Waals surface area contributed by atoms with Gasteiger partial charge in [-0.3, -0.25) is 19.2 Å². The number of aliphatic hydroxyl groups is 1. The van der Waals surface area contributed by atoms with Gasteiger partial charge in [0.25, 0.3) is 5.91 Å². The summed E-state index contributed by atoms with van der Waals surface area (Å²) in [4.78, 5) is 60.9. The molecule has 0 bridgehead atoms. The fourth-order valence-corrected chi connectivity index (χ4v) is 9.20. The van der Waals surface area contributed by atoms with Crippen LogP contribution >= 0.6 is 11.3 Å². The van der Waals surface area contributed by atoms with E-state index in [1.54, 1.807) is 35.6 Å². The Kier molecular flexibility index (Phi) is 15.8. The smallest absolute Gasteiger partial charge is 0.251 e. The van der Waals surface area contributed by atoms with Gasteiger partial charge in [-0.1, -0.05) is 137 Å². The Morgan fingerprint density at radius 1 is 0.791 bits per heavy atom. The van der Waals surface area contributed by atoms with Crippen molar-refractivity contribution in [2.75, 3.05) is 19.7 Å². The van der Waals surface area contributed by atoms with Gasteiger partial charge in [0.15, 0.2) is 0 Å². The summed E-state index contributed by atoms with van der Waals surface area (Å²) in [6, 6.07) is 41.7. The molecule has 0 saturated carbocycles. The van der Waals surface area contributed by atoms with Crippen molar-refractivity contribution in [3.8, 4) is 16.2 Å². The van der Waals surface area contributed by atoms with E-state index in [0.717, 1.165) is 39.2 Å². The third-order valence-electron chi connectivity index (χ3n) is 11.9. The van der Waals surface area contributed by atoms with E-state index in [2.05, 4.69) is 88.5 Å². The first kappa shape index (κ1) is 48.1. The predicted octanol–water partition coefficient (Wildman–Crippen LogP) is 8.65. The summed E-state index contributed by atoms with van der Waals surface area (Å²) in [6.07, 6.45) is 0.0529. The first-order valence-electron chi connectivity index (χ1n) is 22.8.